The van der Waals surface area contributed by atoms with Crippen molar-refractivity contribution in [2.45, 2.75) is 51.9 Å². The van der Waals surface area contributed by atoms with E-state index in [9.17, 15) is 9.18 Å². The third kappa shape index (κ3) is 4.04. The molecule has 0 bridgehead atoms. The number of ether oxygens (including phenoxy) is 3. The Morgan fingerprint density at radius 3 is 2.71 bits per heavy atom. The quantitative estimate of drug-likeness (QED) is 0.711. The van der Waals surface area contributed by atoms with Crippen LogP contribution >= 0.6 is 11.6 Å². The maximum atomic E-state index is 14.3. The third-order valence-electron chi connectivity index (χ3n) is 4.34. The Labute approximate surface area is 167 Å². The van der Waals surface area contributed by atoms with Gasteiger partial charge in [0, 0.05) is 19.2 Å². The first kappa shape index (κ1) is 20.3. The van der Waals surface area contributed by atoms with Gasteiger partial charge in [-0.3, -0.25) is 0 Å². The fourth-order valence-corrected chi connectivity index (χ4v) is 3.10. The van der Waals surface area contributed by atoms with Crippen molar-refractivity contribution in [2.24, 2.45) is 0 Å². The zero-order chi connectivity index (χ0) is 20.6. The van der Waals surface area contributed by atoms with Crippen molar-refractivity contribution in [3.63, 3.8) is 0 Å². The monoisotopic (exact) mass is 412 g/mol. The molecule has 1 aliphatic heterocycles. The van der Waals surface area contributed by atoms with Crippen molar-refractivity contribution < 1.29 is 23.4 Å². The van der Waals surface area contributed by atoms with Gasteiger partial charge in [-0.25, -0.2) is 14.2 Å². The summed E-state index contributed by atoms with van der Waals surface area (Å²) in [6.45, 7) is 7.76. The zero-order valence-corrected chi connectivity index (χ0v) is 17.1. The summed E-state index contributed by atoms with van der Waals surface area (Å²) in [7, 11) is 1.37. The number of carbonyl (C=O) groups excluding carboxylic acids is 1. The average Bonchev–Trinajstić information content (AvgIpc) is 2.97. The fraction of sp³-hybridized carbons (Fsp3) is 0.556. The summed E-state index contributed by atoms with van der Waals surface area (Å²) < 4.78 is 30.8. The molecule has 1 amide bonds. The van der Waals surface area contributed by atoms with Crippen LogP contribution in [0, 0.1) is 5.82 Å². The van der Waals surface area contributed by atoms with Crippen molar-refractivity contribution in [1.29, 1.82) is 0 Å². The second kappa shape index (κ2) is 7.54. The minimum atomic E-state index is -0.778. The van der Waals surface area contributed by atoms with Gasteiger partial charge in [0.1, 0.15) is 17.2 Å². The van der Waals surface area contributed by atoms with Gasteiger partial charge in [0.25, 0.3) is 0 Å². The highest BCUT2D eigenvalue weighted by atomic mass is 35.5. The van der Waals surface area contributed by atoms with Crippen molar-refractivity contribution >= 4 is 28.6 Å². The maximum absolute atomic E-state index is 14.3. The van der Waals surface area contributed by atoms with E-state index in [0.717, 1.165) is 0 Å². The topological polar surface area (TPSA) is 86.7 Å². The summed E-state index contributed by atoms with van der Waals surface area (Å²) in [6.07, 6.45) is 1.14. The molecule has 3 rings (SSSR count). The Morgan fingerprint density at radius 1 is 1.36 bits per heavy atom. The number of amides is 1. The molecule has 0 N–H and O–H groups in total. The highest BCUT2D eigenvalue weighted by Gasteiger charge is 2.38. The molecule has 0 radical (unpaired) electrons. The van der Waals surface area contributed by atoms with Crippen LogP contribution in [-0.4, -0.2) is 57.3 Å². The van der Waals surface area contributed by atoms with E-state index in [1.165, 1.54) is 13.3 Å². The maximum Gasteiger partial charge on any atom is 0.410 e. The van der Waals surface area contributed by atoms with E-state index in [1.807, 2.05) is 27.7 Å². The number of rotatable bonds is 3. The summed E-state index contributed by atoms with van der Waals surface area (Å²) in [5.74, 6) is -0.660. The Morgan fingerprint density at radius 2 is 2.07 bits per heavy atom. The molecule has 28 heavy (non-hydrogen) atoms. The molecule has 1 fully saturated rings. The van der Waals surface area contributed by atoms with Crippen LogP contribution in [0.5, 0.6) is 11.9 Å². The Balaban J connectivity index is 1.87. The molecule has 0 spiro atoms. The number of carbonyl (C=O) groups is 1. The summed E-state index contributed by atoms with van der Waals surface area (Å²) >= 11 is 5.75. The molecule has 152 valence electrons. The number of halogens is 2. The van der Waals surface area contributed by atoms with Gasteiger partial charge in [-0.1, -0.05) is 11.6 Å². The normalized spacial score (nSPS) is 19.8. The van der Waals surface area contributed by atoms with E-state index in [1.54, 1.807) is 4.90 Å². The van der Waals surface area contributed by atoms with Crippen LogP contribution in [0.4, 0.5) is 9.18 Å². The number of fused-ring (bicyclic) bond motifs is 1. The van der Waals surface area contributed by atoms with Crippen LogP contribution in [0.25, 0.3) is 10.9 Å². The summed E-state index contributed by atoms with van der Waals surface area (Å²) in [4.78, 5) is 26.0. The highest BCUT2D eigenvalue weighted by Crippen LogP contribution is 2.32. The van der Waals surface area contributed by atoms with E-state index >= 15 is 0 Å². The van der Waals surface area contributed by atoms with E-state index in [0.29, 0.717) is 13.0 Å². The van der Waals surface area contributed by atoms with Gasteiger partial charge in [-0.05, 0) is 27.7 Å². The molecule has 2 aromatic rings. The summed E-state index contributed by atoms with van der Waals surface area (Å²) in [5.41, 5.74) is -0.634. The number of nitrogens with zero attached hydrogens (tertiary/aromatic N) is 4. The van der Waals surface area contributed by atoms with Crippen LogP contribution in [0.2, 0.25) is 5.15 Å². The molecule has 2 atom stereocenters. The Bertz CT molecular complexity index is 905. The highest BCUT2D eigenvalue weighted by molar-refractivity contribution is 6.30. The van der Waals surface area contributed by atoms with Crippen LogP contribution in [0.3, 0.4) is 0 Å². The van der Waals surface area contributed by atoms with Gasteiger partial charge >= 0.3 is 12.1 Å². The van der Waals surface area contributed by atoms with Crippen LogP contribution < -0.4 is 9.47 Å². The minimum absolute atomic E-state index is 0.0449. The predicted octanol–water partition coefficient (Wildman–Crippen LogP) is 3.60. The predicted molar refractivity (Wildman–Crippen MR) is 100 cm³/mol. The van der Waals surface area contributed by atoms with Gasteiger partial charge in [0.2, 0.25) is 5.88 Å². The van der Waals surface area contributed by atoms with Crippen LogP contribution in [0.15, 0.2) is 6.20 Å². The van der Waals surface area contributed by atoms with Crippen LogP contribution in [-0.2, 0) is 4.74 Å². The first-order valence-electron chi connectivity index (χ1n) is 8.82. The molecule has 2 aromatic heterocycles. The van der Waals surface area contributed by atoms with Crippen LogP contribution in [0.1, 0.15) is 34.1 Å². The first-order chi connectivity index (χ1) is 13.1. The van der Waals surface area contributed by atoms with Gasteiger partial charge in [0.05, 0.1) is 18.5 Å². The molecule has 1 saturated heterocycles. The Kier molecular flexibility index (Phi) is 5.47. The van der Waals surface area contributed by atoms with E-state index in [-0.39, 0.29) is 40.1 Å². The molecular weight excluding hydrogens is 391 g/mol. The van der Waals surface area contributed by atoms with E-state index in [2.05, 4.69) is 15.0 Å². The average molecular weight is 413 g/mol. The standard InChI is InChI=1S/C18H22ClFN4O4/c1-9-11(6-7-24(9)17(25)28-18(2,3)4)27-15-10-8-21-14(19)12(20)13(10)22-16(23-15)26-5/h8-9,11H,6-7H2,1-5H3. The number of methoxy groups -OCH3 is 1. The lowest BCUT2D eigenvalue weighted by atomic mass is 10.2. The molecule has 0 aromatic carbocycles. The minimum Gasteiger partial charge on any atom is -0.471 e. The fourth-order valence-electron chi connectivity index (χ4n) is 2.96. The molecule has 0 aliphatic carbocycles. The number of hydrogen-bond acceptors (Lipinski definition) is 7. The third-order valence-corrected chi connectivity index (χ3v) is 4.61. The van der Waals surface area contributed by atoms with Crippen molar-refractivity contribution in [3.8, 4) is 11.9 Å². The SMILES string of the molecule is COc1nc(OC2CCN(C(=O)OC(C)(C)C)C2C)c2cnc(Cl)c(F)c2n1. The van der Waals surface area contributed by atoms with Crippen molar-refractivity contribution in [3.05, 3.63) is 17.2 Å². The van der Waals surface area contributed by atoms with Gasteiger partial charge < -0.3 is 19.1 Å². The smallest absolute Gasteiger partial charge is 0.410 e. The molecule has 2 unspecified atom stereocenters. The van der Waals surface area contributed by atoms with Crippen molar-refractivity contribution in [1.82, 2.24) is 19.9 Å². The number of pyridine rings is 1. The first-order valence-corrected chi connectivity index (χ1v) is 9.20. The van der Waals surface area contributed by atoms with E-state index in [4.69, 9.17) is 25.8 Å². The van der Waals surface area contributed by atoms with E-state index < -0.39 is 17.5 Å². The van der Waals surface area contributed by atoms with Gasteiger partial charge in [-0.2, -0.15) is 9.97 Å². The largest absolute Gasteiger partial charge is 0.471 e. The Hall–Kier alpha value is -2.42. The lowest BCUT2D eigenvalue weighted by Crippen LogP contribution is -2.42. The molecule has 1 aliphatic rings. The van der Waals surface area contributed by atoms with Crippen molar-refractivity contribution in [2.75, 3.05) is 13.7 Å². The van der Waals surface area contributed by atoms with Gasteiger partial charge in [-0.15, -0.1) is 0 Å². The summed E-state index contributed by atoms with van der Waals surface area (Å²) in [5, 5.41) is -0.0323. The van der Waals surface area contributed by atoms with Gasteiger partial charge in [0.15, 0.2) is 11.0 Å². The zero-order valence-electron chi connectivity index (χ0n) is 16.3. The molecule has 3 heterocycles. The molecule has 8 nitrogen and oxygen atoms in total. The molecular formula is C18H22ClFN4O4. The molecule has 10 heteroatoms. The number of aromatic nitrogens is 3. The lowest BCUT2D eigenvalue weighted by Gasteiger charge is -2.28. The number of hydrogen-bond donors (Lipinski definition) is 0. The number of likely N-dealkylation sites (tertiary alicyclic amines) is 1. The second-order valence-corrected chi connectivity index (χ2v) is 7.86. The summed E-state index contributed by atoms with van der Waals surface area (Å²) in [6, 6.07) is -0.325. The lowest BCUT2D eigenvalue weighted by molar-refractivity contribution is 0.0190. The molecule has 0 saturated carbocycles. The second-order valence-electron chi connectivity index (χ2n) is 7.50.